The third-order valence-corrected chi connectivity index (χ3v) is 2.82. The van der Waals surface area contributed by atoms with Gasteiger partial charge in [0.25, 0.3) is 0 Å². The van der Waals surface area contributed by atoms with Crippen LogP contribution < -0.4 is 5.32 Å². The van der Waals surface area contributed by atoms with Crippen LogP contribution in [0.5, 0.6) is 0 Å². The molecule has 2 heterocycles. The third kappa shape index (κ3) is 1.27. The van der Waals surface area contributed by atoms with Crippen molar-refractivity contribution in [2.75, 3.05) is 5.32 Å². The zero-order valence-corrected chi connectivity index (χ0v) is 8.62. The normalized spacial score (nSPS) is 12.6. The highest BCUT2D eigenvalue weighted by Gasteiger charge is 2.18. The van der Waals surface area contributed by atoms with Crippen LogP contribution in [-0.4, -0.2) is 9.97 Å². The minimum atomic E-state index is 0.481. The van der Waals surface area contributed by atoms with E-state index in [1.165, 1.54) is 11.9 Å². The van der Waals surface area contributed by atoms with Gasteiger partial charge in [-0.2, -0.15) is 0 Å². The van der Waals surface area contributed by atoms with Gasteiger partial charge in [0, 0.05) is 12.1 Å². The van der Waals surface area contributed by atoms with E-state index < -0.39 is 0 Å². The summed E-state index contributed by atoms with van der Waals surface area (Å²) < 4.78 is 0. The van der Waals surface area contributed by atoms with Crippen molar-refractivity contribution in [1.82, 2.24) is 9.97 Å². The van der Waals surface area contributed by atoms with E-state index in [0.717, 1.165) is 23.5 Å². The topological polar surface area (TPSA) is 37.8 Å². The number of rotatable bonds is 0. The molecule has 3 nitrogen and oxygen atoms in total. The average molecular weight is 218 g/mol. The number of fused-ring (bicyclic) bond motifs is 3. The largest absolute Gasteiger partial charge is 0.377 e. The molecule has 1 aliphatic heterocycles. The zero-order chi connectivity index (χ0) is 10.3. The fourth-order valence-electron chi connectivity index (χ4n) is 1.81. The Morgan fingerprint density at radius 3 is 3.00 bits per heavy atom. The maximum Gasteiger partial charge on any atom is 0.156 e. The molecule has 0 amide bonds. The molecule has 1 aromatic heterocycles. The first-order valence-electron chi connectivity index (χ1n) is 4.69. The Labute approximate surface area is 92.1 Å². The van der Waals surface area contributed by atoms with E-state index in [9.17, 15) is 0 Å². The van der Waals surface area contributed by atoms with Gasteiger partial charge in [-0.3, -0.25) is 0 Å². The maximum absolute atomic E-state index is 6.00. The number of benzene rings is 1. The highest BCUT2D eigenvalue weighted by atomic mass is 35.5. The number of halogens is 1. The van der Waals surface area contributed by atoms with Gasteiger partial charge in [-0.1, -0.05) is 35.9 Å². The molecule has 0 fully saturated rings. The second-order valence-electron chi connectivity index (χ2n) is 3.40. The molecule has 0 atom stereocenters. The van der Waals surface area contributed by atoms with Crippen LogP contribution in [0.4, 0.5) is 5.69 Å². The van der Waals surface area contributed by atoms with E-state index in [2.05, 4.69) is 27.4 Å². The molecule has 1 aromatic carbocycles. The van der Waals surface area contributed by atoms with Crippen LogP contribution in [-0.2, 0) is 6.54 Å². The van der Waals surface area contributed by atoms with E-state index in [-0.39, 0.29) is 0 Å². The fourth-order valence-corrected chi connectivity index (χ4v) is 2.01. The quantitative estimate of drug-likeness (QED) is 0.690. The van der Waals surface area contributed by atoms with Gasteiger partial charge in [-0.05, 0) is 5.56 Å². The molecule has 0 radical (unpaired) electrons. The van der Waals surface area contributed by atoms with E-state index in [4.69, 9.17) is 11.6 Å². The SMILES string of the molecule is Clc1ncnc2c1NCc1ccccc1-2. The van der Waals surface area contributed by atoms with E-state index in [0.29, 0.717) is 5.15 Å². The van der Waals surface area contributed by atoms with Crippen molar-refractivity contribution in [3.63, 3.8) is 0 Å². The lowest BCUT2D eigenvalue weighted by molar-refractivity contribution is 1.07. The van der Waals surface area contributed by atoms with Crippen molar-refractivity contribution < 1.29 is 0 Å². The van der Waals surface area contributed by atoms with Gasteiger partial charge in [0.15, 0.2) is 5.15 Å². The minimum Gasteiger partial charge on any atom is -0.377 e. The summed E-state index contributed by atoms with van der Waals surface area (Å²) >= 11 is 6.00. The molecule has 0 saturated carbocycles. The van der Waals surface area contributed by atoms with Crippen LogP contribution in [0.25, 0.3) is 11.3 Å². The Balaban J connectivity index is 2.30. The van der Waals surface area contributed by atoms with Crippen LogP contribution in [0, 0.1) is 0 Å². The second-order valence-corrected chi connectivity index (χ2v) is 3.76. The van der Waals surface area contributed by atoms with Gasteiger partial charge < -0.3 is 5.32 Å². The average Bonchev–Trinajstić information content (AvgIpc) is 2.29. The summed E-state index contributed by atoms with van der Waals surface area (Å²) in [5.74, 6) is 0. The lowest BCUT2D eigenvalue weighted by Gasteiger charge is -2.20. The van der Waals surface area contributed by atoms with Crippen LogP contribution in [0.1, 0.15) is 5.56 Å². The third-order valence-electron chi connectivity index (χ3n) is 2.53. The monoisotopic (exact) mass is 217 g/mol. The van der Waals surface area contributed by atoms with Gasteiger partial charge in [0.05, 0.1) is 11.4 Å². The number of anilines is 1. The highest BCUT2D eigenvalue weighted by molar-refractivity contribution is 6.32. The van der Waals surface area contributed by atoms with Gasteiger partial charge in [-0.25, -0.2) is 9.97 Å². The molecule has 0 aliphatic carbocycles. The van der Waals surface area contributed by atoms with Crippen molar-refractivity contribution in [3.05, 3.63) is 41.3 Å². The van der Waals surface area contributed by atoms with Crippen molar-refractivity contribution in [2.24, 2.45) is 0 Å². The Bertz CT molecular complexity index is 525. The first-order chi connectivity index (χ1) is 7.36. The minimum absolute atomic E-state index is 0.481. The molecule has 0 unspecified atom stereocenters. The Morgan fingerprint density at radius 1 is 1.20 bits per heavy atom. The van der Waals surface area contributed by atoms with Gasteiger partial charge in [0.1, 0.15) is 6.33 Å². The fraction of sp³-hybridized carbons (Fsp3) is 0.0909. The first-order valence-corrected chi connectivity index (χ1v) is 5.07. The summed E-state index contributed by atoms with van der Waals surface area (Å²) in [4.78, 5) is 8.22. The number of aromatic nitrogens is 2. The molecule has 74 valence electrons. The van der Waals surface area contributed by atoms with E-state index in [1.54, 1.807) is 0 Å². The van der Waals surface area contributed by atoms with Gasteiger partial charge in [0.2, 0.25) is 0 Å². The Kier molecular flexibility index (Phi) is 1.86. The molecule has 1 aliphatic rings. The zero-order valence-electron chi connectivity index (χ0n) is 7.87. The lowest BCUT2D eigenvalue weighted by atomic mass is 10.00. The first kappa shape index (κ1) is 8.68. The molecular formula is C11H8ClN3. The molecule has 3 rings (SSSR count). The van der Waals surface area contributed by atoms with E-state index in [1.807, 2.05) is 12.1 Å². The van der Waals surface area contributed by atoms with Crippen LogP contribution >= 0.6 is 11.6 Å². The molecule has 2 aromatic rings. The molecule has 1 N–H and O–H groups in total. The van der Waals surface area contributed by atoms with E-state index >= 15 is 0 Å². The van der Waals surface area contributed by atoms with Crippen LogP contribution in [0.15, 0.2) is 30.6 Å². The van der Waals surface area contributed by atoms with Crippen molar-refractivity contribution >= 4 is 17.3 Å². The summed E-state index contributed by atoms with van der Waals surface area (Å²) in [6.45, 7) is 0.774. The maximum atomic E-state index is 6.00. The predicted octanol–water partition coefficient (Wildman–Crippen LogP) is 2.72. The molecule has 0 saturated heterocycles. The highest BCUT2D eigenvalue weighted by Crippen LogP contribution is 2.36. The van der Waals surface area contributed by atoms with Crippen LogP contribution in [0.3, 0.4) is 0 Å². The van der Waals surface area contributed by atoms with Gasteiger partial charge >= 0.3 is 0 Å². The Hall–Kier alpha value is -1.61. The summed E-state index contributed by atoms with van der Waals surface area (Å²) in [6, 6.07) is 8.16. The Morgan fingerprint density at radius 2 is 2.07 bits per heavy atom. The molecule has 0 spiro atoms. The number of nitrogens with zero attached hydrogens (tertiary/aromatic N) is 2. The van der Waals surface area contributed by atoms with Crippen molar-refractivity contribution in [2.45, 2.75) is 6.54 Å². The lowest BCUT2D eigenvalue weighted by Crippen LogP contribution is -2.10. The molecular weight excluding hydrogens is 210 g/mol. The smallest absolute Gasteiger partial charge is 0.156 e. The summed E-state index contributed by atoms with van der Waals surface area (Å²) in [7, 11) is 0. The molecule has 0 bridgehead atoms. The second kappa shape index (κ2) is 3.21. The summed E-state index contributed by atoms with van der Waals surface area (Å²) in [5.41, 5.74) is 4.09. The number of hydrogen-bond acceptors (Lipinski definition) is 3. The number of nitrogens with one attached hydrogen (secondary N) is 1. The van der Waals surface area contributed by atoms with Crippen LogP contribution in [0.2, 0.25) is 5.15 Å². The molecule has 4 heteroatoms. The number of hydrogen-bond donors (Lipinski definition) is 1. The summed E-state index contributed by atoms with van der Waals surface area (Å²) in [6.07, 6.45) is 1.49. The predicted molar refractivity (Wildman–Crippen MR) is 59.8 cm³/mol. The molecule has 15 heavy (non-hydrogen) atoms. The summed E-state index contributed by atoms with van der Waals surface area (Å²) in [5, 5.41) is 3.71. The van der Waals surface area contributed by atoms with Gasteiger partial charge in [-0.15, -0.1) is 0 Å². The van der Waals surface area contributed by atoms with Crippen molar-refractivity contribution in [3.8, 4) is 11.3 Å². The standard InChI is InChI=1S/C11H8ClN3/c12-11-10-9(14-6-15-11)8-4-2-1-3-7(8)5-13-10/h1-4,6,13H,5H2. The van der Waals surface area contributed by atoms with Crippen molar-refractivity contribution in [1.29, 1.82) is 0 Å².